The van der Waals surface area contributed by atoms with Gasteiger partial charge < -0.3 is 10.1 Å². The fourth-order valence-electron chi connectivity index (χ4n) is 3.21. The number of likely N-dealkylation sites (tertiary alicyclic amines) is 1. The Kier molecular flexibility index (Phi) is 7.13. The molecule has 1 saturated heterocycles. The van der Waals surface area contributed by atoms with Crippen molar-refractivity contribution in [2.45, 2.75) is 26.3 Å². The minimum atomic E-state index is -0.0759. The van der Waals surface area contributed by atoms with E-state index in [-0.39, 0.29) is 5.91 Å². The topological polar surface area (TPSA) is 41.6 Å². The van der Waals surface area contributed by atoms with Crippen LogP contribution in [0.25, 0.3) is 0 Å². The molecule has 1 amide bonds. The van der Waals surface area contributed by atoms with Gasteiger partial charge >= 0.3 is 0 Å². The number of rotatable bonds is 7. The van der Waals surface area contributed by atoms with Crippen molar-refractivity contribution < 1.29 is 9.53 Å². The van der Waals surface area contributed by atoms with Crippen LogP contribution in [0.3, 0.4) is 0 Å². The molecule has 1 N–H and O–H groups in total. The number of piperidine rings is 1. The Morgan fingerprint density at radius 1 is 1.11 bits per heavy atom. The van der Waals surface area contributed by atoms with Crippen molar-refractivity contribution in [2.24, 2.45) is 5.92 Å². The second-order valence-corrected chi connectivity index (χ2v) is 7.65. The molecule has 3 rings (SSSR count). The SMILES string of the molecule is CC1CCN(Cc2ccc(C(=O)NCCOc3ccc(Cl)cc3)cc2)CC1. The number of hydrogen-bond donors (Lipinski definition) is 1. The number of carbonyl (C=O) groups is 1. The summed E-state index contributed by atoms with van der Waals surface area (Å²) in [6.45, 7) is 6.48. The number of amides is 1. The van der Waals surface area contributed by atoms with Crippen LogP contribution in [0.4, 0.5) is 0 Å². The van der Waals surface area contributed by atoms with Crippen molar-refractivity contribution >= 4 is 17.5 Å². The number of ether oxygens (including phenoxy) is 1. The van der Waals surface area contributed by atoms with Crippen molar-refractivity contribution in [3.05, 3.63) is 64.7 Å². The number of halogens is 1. The van der Waals surface area contributed by atoms with Crippen molar-refractivity contribution in [1.29, 1.82) is 0 Å². The molecule has 0 radical (unpaired) electrons. The summed E-state index contributed by atoms with van der Waals surface area (Å²) in [5.41, 5.74) is 1.93. The molecule has 2 aromatic rings. The van der Waals surface area contributed by atoms with Crippen LogP contribution in [0.5, 0.6) is 5.75 Å². The van der Waals surface area contributed by atoms with Crippen LogP contribution in [0.15, 0.2) is 48.5 Å². The Balaban J connectivity index is 1.40. The first kappa shape index (κ1) is 19.7. The zero-order valence-corrected chi connectivity index (χ0v) is 16.5. The van der Waals surface area contributed by atoms with Gasteiger partial charge in [-0.05, 0) is 73.8 Å². The highest BCUT2D eigenvalue weighted by Gasteiger charge is 2.15. The molecule has 0 aliphatic carbocycles. The van der Waals surface area contributed by atoms with Crippen LogP contribution in [0, 0.1) is 5.92 Å². The molecule has 0 aromatic heterocycles. The van der Waals surface area contributed by atoms with Crippen molar-refractivity contribution in [3.8, 4) is 5.75 Å². The highest BCUT2D eigenvalue weighted by atomic mass is 35.5. The second-order valence-electron chi connectivity index (χ2n) is 7.21. The maximum Gasteiger partial charge on any atom is 0.251 e. The third-order valence-electron chi connectivity index (χ3n) is 4.97. The lowest BCUT2D eigenvalue weighted by atomic mass is 9.99. The summed E-state index contributed by atoms with van der Waals surface area (Å²) in [5, 5.41) is 3.56. The molecule has 1 aliphatic rings. The molecular formula is C22H27ClN2O2. The average molecular weight is 387 g/mol. The molecule has 0 atom stereocenters. The molecule has 27 heavy (non-hydrogen) atoms. The van der Waals surface area contributed by atoms with Gasteiger partial charge in [0.25, 0.3) is 5.91 Å². The molecule has 0 unspecified atom stereocenters. The average Bonchev–Trinajstić information content (AvgIpc) is 2.69. The Bertz CT molecular complexity index is 723. The molecule has 0 bridgehead atoms. The molecule has 1 aliphatic heterocycles. The first-order chi connectivity index (χ1) is 13.1. The van der Waals surface area contributed by atoms with Crippen LogP contribution in [-0.4, -0.2) is 37.0 Å². The third kappa shape index (κ3) is 6.26. The molecule has 4 nitrogen and oxygen atoms in total. The highest BCUT2D eigenvalue weighted by Crippen LogP contribution is 2.18. The van der Waals surface area contributed by atoms with E-state index in [2.05, 4.69) is 29.3 Å². The Hall–Kier alpha value is -2.04. The number of carbonyl (C=O) groups excluding carboxylic acids is 1. The van der Waals surface area contributed by atoms with Crippen LogP contribution in [0.2, 0.25) is 5.02 Å². The van der Waals surface area contributed by atoms with E-state index in [0.717, 1.165) is 31.3 Å². The second kappa shape index (κ2) is 9.77. The first-order valence-corrected chi connectivity index (χ1v) is 9.96. The van der Waals surface area contributed by atoms with E-state index in [0.29, 0.717) is 23.7 Å². The lowest BCUT2D eigenvalue weighted by Gasteiger charge is -2.30. The van der Waals surface area contributed by atoms with Gasteiger partial charge in [0, 0.05) is 17.1 Å². The van der Waals surface area contributed by atoms with Crippen molar-refractivity contribution in [1.82, 2.24) is 10.2 Å². The monoisotopic (exact) mass is 386 g/mol. The summed E-state index contributed by atoms with van der Waals surface area (Å²) in [7, 11) is 0. The lowest BCUT2D eigenvalue weighted by molar-refractivity contribution is 0.0947. The smallest absolute Gasteiger partial charge is 0.251 e. The summed E-state index contributed by atoms with van der Waals surface area (Å²) >= 11 is 5.84. The molecule has 2 aromatic carbocycles. The normalized spacial score (nSPS) is 15.5. The molecule has 1 heterocycles. The van der Waals surface area contributed by atoms with Gasteiger partial charge in [-0.25, -0.2) is 0 Å². The van der Waals surface area contributed by atoms with Crippen LogP contribution in [0.1, 0.15) is 35.7 Å². The van der Waals surface area contributed by atoms with E-state index in [4.69, 9.17) is 16.3 Å². The molecule has 5 heteroatoms. The Labute approximate surface area is 166 Å². The first-order valence-electron chi connectivity index (χ1n) is 9.58. The van der Waals surface area contributed by atoms with Crippen molar-refractivity contribution in [3.63, 3.8) is 0 Å². The van der Waals surface area contributed by atoms with Gasteiger partial charge in [-0.15, -0.1) is 0 Å². The van der Waals surface area contributed by atoms with Crippen LogP contribution >= 0.6 is 11.6 Å². The highest BCUT2D eigenvalue weighted by molar-refractivity contribution is 6.30. The summed E-state index contributed by atoms with van der Waals surface area (Å²) in [6.07, 6.45) is 2.55. The van der Waals surface area contributed by atoms with Gasteiger partial charge in [0.15, 0.2) is 0 Å². The van der Waals surface area contributed by atoms with E-state index in [1.807, 2.05) is 24.3 Å². The van der Waals surface area contributed by atoms with E-state index in [1.165, 1.54) is 18.4 Å². The number of hydrogen-bond acceptors (Lipinski definition) is 3. The predicted molar refractivity (Wildman–Crippen MR) is 109 cm³/mol. The summed E-state index contributed by atoms with van der Waals surface area (Å²) in [6, 6.07) is 15.1. The van der Waals surface area contributed by atoms with Crippen molar-refractivity contribution in [2.75, 3.05) is 26.2 Å². The third-order valence-corrected chi connectivity index (χ3v) is 5.22. The van der Waals surface area contributed by atoms with Gasteiger partial charge in [0.05, 0.1) is 6.54 Å². The fourth-order valence-corrected chi connectivity index (χ4v) is 3.33. The predicted octanol–water partition coefficient (Wildman–Crippen LogP) is 4.38. The quantitative estimate of drug-likeness (QED) is 0.718. The molecule has 0 saturated carbocycles. The Morgan fingerprint density at radius 3 is 2.44 bits per heavy atom. The minimum Gasteiger partial charge on any atom is -0.492 e. The largest absolute Gasteiger partial charge is 0.492 e. The zero-order chi connectivity index (χ0) is 19.1. The molecular weight excluding hydrogens is 360 g/mol. The maximum absolute atomic E-state index is 12.2. The maximum atomic E-state index is 12.2. The van der Waals surface area contributed by atoms with Gasteiger partial charge in [-0.1, -0.05) is 30.7 Å². The summed E-state index contributed by atoms with van der Waals surface area (Å²) in [4.78, 5) is 14.7. The molecule has 1 fully saturated rings. The molecule has 0 spiro atoms. The number of nitrogens with zero attached hydrogens (tertiary/aromatic N) is 1. The van der Waals surface area contributed by atoms with Gasteiger partial charge in [-0.2, -0.15) is 0 Å². The van der Waals surface area contributed by atoms with Gasteiger partial charge in [0.2, 0.25) is 0 Å². The van der Waals surface area contributed by atoms with Gasteiger partial charge in [-0.3, -0.25) is 9.69 Å². The van der Waals surface area contributed by atoms with E-state index < -0.39 is 0 Å². The molecule has 144 valence electrons. The Morgan fingerprint density at radius 2 is 1.78 bits per heavy atom. The number of benzene rings is 2. The lowest BCUT2D eigenvalue weighted by Crippen LogP contribution is -2.32. The van der Waals surface area contributed by atoms with Crippen LogP contribution < -0.4 is 10.1 Å². The van der Waals surface area contributed by atoms with E-state index in [1.54, 1.807) is 12.1 Å². The van der Waals surface area contributed by atoms with E-state index >= 15 is 0 Å². The zero-order valence-electron chi connectivity index (χ0n) is 15.8. The summed E-state index contributed by atoms with van der Waals surface area (Å²) < 4.78 is 5.58. The fraction of sp³-hybridized carbons (Fsp3) is 0.409. The van der Waals surface area contributed by atoms with Crippen LogP contribution in [-0.2, 0) is 6.54 Å². The van der Waals surface area contributed by atoms with Gasteiger partial charge in [0.1, 0.15) is 12.4 Å². The minimum absolute atomic E-state index is 0.0759. The number of nitrogens with one attached hydrogen (secondary N) is 1. The van der Waals surface area contributed by atoms with E-state index in [9.17, 15) is 4.79 Å². The summed E-state index contributed by atoms with van der Waals surface area (Å²) in [5.74, 6) is 1.51. The standard InChI is InChI=1S/C22H27ClN2O2/c1-17-10-13-25(14-11-17)16-18-2-4-19(5-3-18)22(26)24-12-15-27-21-8-6-20(23)7-9-21/h2-9,17H,10-16H2,1H3,(H,24,26).